The smallest absolute Gasteiger partial charge is 0.350 e. The summed E-state index contributed by atoms with van der Waals surface area (Å²) in [6.45, 7) is 7.97. The fourth-order valence-electron chi connectivity index (χ4n) is 7.24. The van der Waals surface area contributed by atoms with E-state index in [-0.39, 0.29) is 24.2 Å². The molecule has 0 spiro atoms. The summed E-state index contributed by atoms with van der Waals surface area (Å²) >= 11 is 0. The predicted molar refractivity (Wildman–Crippen MR) is 187 cm³/mol. The van der Waals surface area contributed by atoms with E-state index in [1.54, 1.807) is 17.9 Å². The summed E-state index contributed by atoms with van der Waals surface area (Å²) in [5.41, 5.74) is 1.93. The Morgan fingerprint density at radius 2 is 1.61 bits per heavy atom. The highest BCUT2D eigenvalue weighted by Crippen LogP contribution is 2.42. The molecule has 14 heteroatoms. The fourth-order valence-corrected chi connectivity index (χ4v) is 7.24. The van der Waals surface area contributed by atoms with E-state index < -0.39 is 23.3 Å². The number of ether oxygens (including phenoxy) is 2. The van der Waals surface area contributed by atoms with Crippen molar-refractivity contribution < 1.29 is 23.4 Å². The monoisotopic (exact) mass is 700 g/mol. The van der Waals surface area contributed by atoms with E-state index >= 15 is 0 Å². The molecular formula is C37H42F2N8O4. The quantitative estimate of drug-likeness (QED) is 0.200. The van der Waals surface area contributed by atoms with E-state index in [0.29, 0.717) is 31.6 Å². The van der Waals surface area contributed by atoms with Crippen molar-refractivity contribution in [1.29, 1.82) is 0 Å². The summed E-state index contributed by atoms with van der Waals surface area (Å²) in [6, 6.07) is 19.2. The lowest BCUT2D eigenvalue weighted by Crippen LogP contribution is -2.46. The summed E-state index contributed by atoms with van der Waals surface area (Å²) in [4.78, 5) is 21.7. The molecule has 2 fully saturated rings. The Balaban J connectivity index is 0.923. The van der Waals surface area contributed by atoms with Gasteiger partial charge < -0.3 is 24.4 Å². The second-order valence-corrected chi connectivity index (χ2v) is 13.3. The fraction of sp³-hybridized carbons (Fsp3) is 0.405. The molecule has 4 heterocycles. The summed E-state index contributed by atoms with van der Waals surface area (Å²) in [5, 5.41) is 18.5. The number of aliphatic hydroxyl groups is 1. The maximum absolute atomic E-state index is 15.0. The van der Waals surface area contributed by atoms with E-state index in [1.165, 1.54) is 34.0 Å². The van der Waals surface area contributed by atoms with Crippen LogP contribution < -0.4 is 20.2 Å². The van der Waals surface area contributed by atoms with Crippen LogP contribution in [0.2, 0.25) is 0 Å². The Labute approximate surface area is 294 Å². The molecule has 12 nitrogen and oxygen atoms in total. The highest BCUT2D eigenvalue weighted by atomic mass is 19.1. The number of aromatic nitrogens is 6. The minimum absolute atomic E-state index is 0.0121. The summed E-state index contributed by atoms with van der Waals surface area (Å²) < 4.78 is 45.6. The Bertz CT molecular complexity index is 1960. The van der Waals surface area contributed by atoms with Gasteiger partial charge in [0, 0.05) is 55.1 Å². The minimum Gasteiger partial charge on any atom is -0.493 e. The number of hydrogen-bond acceptors (Lipinski definition) is 9. The molecular weight excluding hydrogens is 658 g/mol. The first-order chi connectivity index (χ1) is 24.7. The van der Waals surface area contributed by atoms with E-state index in [4.69, 9.17) is 9.47 Å². The third-order valence-electron chi connectivity index (χ3n) is 9.96. The molecule has 2 aliphatic rings. The lowest BCUT2D eigenvalue weighted by Gasteiger charge is -2.37. The van der Waals surface area contributed by atoms with Gasteiger partial charge in [-0.15, -0.1) is 0 Å². The molecule has 4 atom stereocenters. The maximum atomic E-state index is 15.0. The van der Waals surface area contributed by atoms with Crippen molar-refractivity contribution in [2.75, 3.05) is 49.2 Å². The molecule has 7 rings (SSSR count). The molecule has 0 saturated carbocycles. The summed E-state index contributed by atoms with van der Waals surface area (Å²) in [6.07, 6.45) is 4.88. The summed E-state index contributed by atoms with van der Waals surface area (Å²) in [7, 11) is 0. The molecule has 3 aromatic carbocycles. The zero-order chi connectivity index (χ0) is 35.5. The number of anilines is 2. The number of rotatable bonds is 12. The zero-order valence-corrected chi connectivity index (χ0v) is 28.7. The number of benzene rings is 3. The van der Waals surface area contributed by atoms with Gasteiger partial charge in [0.05, 0.1) is 37.6 Å². The van der Waals surface area contributed by atoms with Crippen molar-refractivity contribution in [2.45, 2.75) is 51.0 Å². The van der Waals surface area contributed by atoms with Crippen molar-refractivity contribution in [1.82, 2.24) is 29.1 Å². The molecule has 2 saturated heterocycles. The molecule has 268 valence electrons. The van der Waals surface area contributed by atoms with Gasteiger partial charge in [-0.05, 0) is 74.4 Å². The van der Waals surface area contributed by atoms with Crippen LogP contribution in [0.4, 0.5) is 20.2 Å². The summed E-state index contributed by atoms with van der Waals surface area (Å²) in [5.74, 6) is -0.563. The molecule has 5 aromatic rings. The van der Waals surface area contributed by atoms with Gasteiger partial charge in [0.1, 0.15) is 42.0 Å². The van der Waals surface area contributed by atoms with Crippen molar-refractivity contribution in [3.63, 3.8) is 0 Å². The van der Waals surface area contributed by atoms with Crippen LogP contribution in [0.3, 0.4) is 0 Å². The third kappa shape index (κ3) is 7.24. The minimum atomic E-state index is -1.02. The molecule has 0 radical (unpaired) electrons. The molecule has 0 amide bonds. The van der Waals surface area contributed by atoms with Crippen molar-refractivity contribution >= 4 is 11.4 Å². The number of hydrogen-bond donors (Lipinski definition) is 1. The van der Waals surface area contributed by atoms with Crippen molar-refractivity contribution in [3.05, 3.63) is 113 Å². The van der Waals surface area contributed by atoms with Gasteiger partial charge in [-0.2, -0.15) is 10.2 Å². The standard InChI is InChI=1S/C37H42F2N8O4/c1-3-35(26(2)48)47-36(49)46(25-42-47)31-7-5-29(6-8-31)43-14-16-44(17-15-43)30-9-11-32(12-10-30)50-20-27-19-37(51-21-27,22-45-24-40-23-41-45)33-13-4-28(38)18-34(33)39/h4-13,18,23-27,35,48H,3,14-17,19-22H2,1-2H3/t26-,27?,35?,37-/m0/s1. The molecule has 2 unspecified atom stereocenters. The number of aliphatic hydroxyl groups excluding tert-OH is 1. The van der Waals surface area contributed by atoms with Gasteiger partial charge in [-0.1, -0.05) is 13.0 Å². The molecule has 0 aliphatic carbocycles. The van der Waals surface area contributed by atoms with Crippen LogP contribution in [0.1, 0.15) is 38.3 Å². The van der Waals surface area contributed by atoms with Crippen LogP contribution >= 0.6 is 0 Å². The van der Waals surface area contributed by atoms with Crippen LogP contribution in [-0.4, -0.2) is 79.7 Å². The second kappa shape index (κ2) is 14.6. The average molecular weight is 701 g/mol. The molecule has 2 aromatic heterocycles. The maximum Gasteiger partial charge on any atom is 0.350 e. The Hall–Kier alpha value is -5.08. The van der Waals surface area contributed by atoms with E-state index in [0.717, 1.165) is 55.1 Å². The van der Waals surface area contributed by atoms with Gasteiger partial charge in [0.15, 0.2) is 0 Å². The normalized spacial score (nSPS) is 20.5. The molecule has 51 heavy (non-hydrogen) atoms. The van der Waals surface area contributed by atoms with E-state index in [9.17, 15) is 18.7 Å². The van der Waals surface area contributed by atoms with Crippen LogP contribution in [-0.2, 0) is 16.9 Å². The third-order valence-corrected chi connectivity index (χ3v) is 9.96. The van der Waals surface area contributed by atoms with Gasteiger partial charge in [-0.25, -0.2) is 32.5 Å². The second-order valence-electron chi connectivity index (χ2n) is 13.3. The first kappa shape index (κ1) is 34.4. The highest BCUT2D eigenvalue weighted by molar-refractivity contribution is 5.54. The van der Waals surface area contributed by atoms with Gasteiger partial charge >= 0.3 is 5.69 Å². The van der Waals surface area contributed by atoms with E-state index in [1.807, 2.05) is 43.3 Å². The van der Waals surface area contributed by atoms with Crippen molar-refractivity contribution in [3.8, 4) is 11.4 Å². The molecule has 0 bridgehead atoms. The highest BCUT2D eigenvalue weighted by Gasteiger charge is 2.44. The largest absolute Gasteiger partial charge is 0.493 e. The zero-order valence-electron chi connectivity index (χ0n) is 28.7. The lowest BCUT2D eigenvalue weighted by atomic mass is 9.87. The molecule has 2 aliphatic heterocycles. The van der Waals surface area contributed by atoms with Crippen LogP contribution in [0.15, 0.2) is 90.5 Å². The Morgan fingerprint density at radius 3 is 2.22 bits per heavy atom. The SMILES string of the molecule is CCC([C@H](C)O)n1ncn(-c2ccc(N3CCN(c4ccc(OCC5CO[C@@](Cn6cncn6)(c6ccc(F)cc6F)C5)cc4)CC3)cc2)c1=O. The van der Waals surface area contributed by atoms with Gasteiger partial charge in [0.2, 0.25) is 0 Å². The topological polar surface area (TPSA) is 116 Å². The Morgan fingerprint density at radius 1 is 0.941 bits per heavy atom. The molecule has 1 N–H and O–H groups in total. The van der Waals surface area contributed by atoms with Crippen LogP contribution in [0, 0.1) is 17.6 Å². The average Bonchev–Trinajstić information content (AvgIpc) is 3.90. The van der Waals surface area contributed by atoms with Gasteiger partial charge in [-0.3, -0.25) is 0 Å². The number of nitrogens with zero attached hydrogens (tertiary/aromatic N) is 8. The predicted octanol–water partition coefficient (Wildman–Crippen LogP) is 4.57. The first-order valence-corrected chi connectivity index (χ1v) is 17.3. The first-order valence-electron chi connectivity index (χ1n) is 17.3. The van der Waals surface area contributed by atoms with Crippen LogP contribution in [0.5, 0.6) is 5.75 Å². The number of piperazine rings is 1. The van der Waals surface area contributed by atoms with Gasteiger partial charge in [0.25, 0.3) is 0 Å². The lowest BCUT2D eigenvalue weighted by molar-refractivity contribution is -0.0206. The van der Waals surface area contributed by atoms with Crippen LogP contribution in [0.25, 0.3) is 5.69 Å². The number of halogens is 2. The Kier molecular flexibility index (Phi) is 9.87. The van der Waals surface area contributed by atoms with Crippen molar-refractivity contribution in [2.24, 2.45) is 5.92 Å². The van der Waals surface area contributed by atoms with E-state index in [2.05, 4.69) is 37.1 Å².